The number of carbonyl (C=O) groups is 2. The van der Waals surface area contributed by atoms with Crippen molar-refractivity contribution in [3.63, 3.8) is 0 Å². The van der Waals surface area contributed by atoms with Gasteiger partial charge in [0.05, 0.1) is 36.8 Å². The molecule has 3 heterocycles. The maximum atomic E-state index is 13.3. The first-order valence-corrected chi connectivity index (χ1v) is 8.63. The molecule has 0 unspecified atom stereocenters. The van der Waals surface area contributed by atoms with E-state index in [1.807, 2.05) is 25.1 Å². The standard InChI is InChI=1S/C18H21N5O3/c1-12-16-17(21(2)20-12)18(25)19-13-5-3-4-6-14(13)23(16)15(24)11-22-7-9-26-10-8-22/h3-6H,7-11H2,1-2H3,(H,19,25). The van der Waals surface area contributed by atoms with E-state index in [-0.39, 0.29) is 18.4 Å². The summed E-state index contributed by atoms with van der Waals surface area (Å²) in [5.74, 6) is -0.356. The second-order valence-corrected chi connectivity index (χ2v) is 6.50. The van der Waals surface area contributed by atoms with Crippen molar-refractivity contribution in [3.8, 4) is 0 Å². The Bertz CT molecular complexity index is 870. The van der Waals surface area contributed by atoms with Gasteiger partial charge in [-0.2, -0.15) is 5.10 Å². The molecule has 136 valence electrons. The number of benzene rings is 1. The highest BCUT2D eigenvalue weighted by atomic mass is 16.5. The van der Waals surface area contributed by atoms with Gasteiger partial charge in [-0.3, -0.25) is 24.1 Å². The van der Waals surface area contributed by atoms with E-state index in [0.29, 0.717) is 41.7 Å². The second-order valence-electron chi connectivity index (χ2n) is 6.50. The van der Waals surface area contributed by atoms with Crippen LogP contribution in [0.4, 0.5) is 17.1 Å². The first kappa shape index (κ1) is 16.7. The van der Waals surface area contributed by atoms with Crippen LogP contribution in [-0.4, -0.2) is 59.3 Å². The lowest BCUT2D eigenvalue weighted by atomic mass is 10.2. The molecule has 8 nitrogen and oxygen atoms in total. The summed E-state index contributed by atoms with van der Waals surface area (Å²) in [6.07, 6.45) is 0. The summed E-state index contributed by atoms with van der Waals surface area (Å²) in [6, 6.07) is 7.34. The Morgan fingerprint density at radius 1 is 1.27 bits per heavy atom. The second kappa shape index (κ2) is 6.54. The number of nitrogens with one attached hydrogen (secondary N) is 1. The van der Waals surface area contributed by atoms with E-state index in [0.717, 1.165) is 13.1 Å². The zero-order valence-electron chi connectivity index (χ0n) is 14.9. The number of carbonyl (C=O) groups excluding carboxylic acids is 2. The minimum absolute atomic E-state index is 0.0896. The smallest absolute Gasteiger partial charge is 0.276 e. The van der Waals surface area contributed by atoms with E-state index in [4.69, 9.17) is 4.74 Å². The number of ether oxygens (including phenoxy) is 1. The molecule has 8 heteroatoms. The number of amides is 2. The van der Waals surface area contributed by atoms with Gasteiger partial charge in [-0.15, -0.1) is 0 Å². The lowest BCUT2D eigenvalue weighted by molar-refractivity contribution is -0.120. The molecule has 2 aliphatic rings. The van der Waals surface area contributed by atoms with Gasteiger partial charge in [-0.25, -0.2) is 0 Å². The van der Waals surface area contributed by atoms with Crippen LogP contribution in [-0.2, 0) is 16.6 Å². The molecule has 2 amide bonds. The maximum Gasteiger partial charge on any atom is 0.276 e. The first-order chi connectivity index (χ1) is 12.6. The number of anilines is 3. The summed E-state index contributed by atoms with van der Waals surface area (Å²) in [4.78, 5) is 29.7. The third kappa shape index (κ3) is 2.77. The van der Waals surface area contributed by atoms with Gasteiger partial charge in [0.15, 0.2) is 5.69 Å². The molecule has 1 saturated heterocycles. The predicted octanol–water partition coefficient (Wildman–Crippen LogP) is 1.29. The van der Waals surface area contributed by atoms with E-state index in [9.17, 15) is 9.59 Å². The predicted molar refractivity (Wildman–Crippen MR) is 96.7 cm³/mol. The summed E-state index contributed by atoms with van der Waals surface area (Å²) in [5.41, 5.74) is 2.85. The third-order valence-corrected chi connectivity index (χ3v) is 4.73. The summed E-state index contributed by atoms with van der Waals surface area (Å²) in [5, 5.41) is 7.26. The Kier molecular flexibility index (Phi) is 4.21. The molecule has 0 atom stereocenters. The molecule has 1 aromatic heterocycles. The van der Waals surface area contributed by atoms with E-state index in [1.165, 1.54) is 4.68 Å². The van der Waals surface area contributed by atoms with E-state index >= 15 is 0 Å². The molecule has 1 fully saturated rings. The van der Waals surface area contributed by atoms with E-state index in [2.05, 4.69) is 15.3 Å². The van der Waals surface area contributed by atoms with Crippen LogP contribution < -0.4 is 10.2 Å². The van der Waals surface area contributed by atoms with Crippen molar-refractivity contribution < 1.29 is 14.3 Å². The van der Waals surface area contributed by atoms with Gasteiger partial charge in [0.2, 0.25) is 5.91 Å². The topological polar surface area (TPSA) is 79.7 Å². The van der Waals surface area contributed by atoms with Crippen LogP contribution in [0, 0.1) is 6.92 Å². The normalized spacial score (nSPS) is 17.3. The zero-order chi connectivity index (χ0) is 18.3. The van der Waals surface area contributed by atoms with Gasteiger partial charge in [-0.1, -0.05) is 12.1 Å². The number of para-hydroxylation sites is 2. The lowest BCUT2D eigenvalue weighted by Gasteiger charge is -2.29. The minimum atomic E-state index is -0.266. The van der Waals surface area contributed by atoms with Crippen LogP contribution in [0.15, 0.2) is 24.3 Å². The molecule has 0 spiro atoms. The first-order valence-electron chi connectivity index (χ1n) is 8.63. The number of nitrogens with zero attached hydrogens (tertiary/aromatic N) is 4. The van der Waals surface area contributed by atoms with Crippen LogP contribution in [0.25, 0.3) is 0 Å². The van der Waals surface area contributed by atoms with Crippen molar-refractivity contribution in [2.75, 3.05) is 43.1 Å². The zero-order valence-corrected chi connectivity index (χ0v) is 14.9. The summed E-state index contributed by atoms with van der Waals surface area (Å²) < 4.78 is 6.89. The van der Waals surface area contributed by atoms with Crippen LogP contribution in [0.5, 0.6) is 0 Å². The molecule has 0 radical (unpaired) electrons. The van der Waals surface area contributed by atoms with E-state index < -0.39 is 0 Å². The summed E-state index contributed by atoms with van der Waals surface area (Å²) in [7, 11) is 1.71. The Labute approximate surface area is 151 Å². The van der Waals surface area contributed by atoms with Crippen LogP contribution in [0.1, 0.15) is 16.2 Å². The van der Waals surface area contributed by atoms with Gasteiger partial charge in [0, 0.05) is 20.1 Å². The number of rotatable bonds is 2. The highest BCUT2D eigenvalue weighted by Crippen LogP contribution is 2.39. The fourth-order valence-electron chi connectivity index (χ4n) is 3.53. The number of hydrogen-bond acceptors (Lipinski definition) is 5. The number of aryl methyl sites for hydroxylation is 2. The lowest BCUT2D eigenvalue weighted by Crippen LogP contribution is -2.43. The molecule has 26 heavy (non-hydrogen) atoms. The fourth-order valence-corrected chi connectivity index (χ4v) is 3.53. The molecule has 0 bridgehead atoms. The number of fused-ring (bicyclic) bond motifs is 2. The Hall–Kier alpha value is -2.71. The van der Waals surface area contributed by atoms with Gasteiger partial charge in [0.25, 0.3) is 5.91 Å². The average Bonchev–Trinajstić information content (AvgIpc) is 2.83. The molecule has 0 saturated carbocycles. The van der Waals surface area contributed by atoms with Gasteiger partial charge < -0.3 is 10.1 Å². The largest absolute Gasteiger partial charge is 0.379 e. The van der Waals surface area contributed by atoms with E-state index in [1.54, 1.807) is 18.0 Å². The van der Waals surface area contributed by atoms with Crippen molar-refractivity contribution in [3.05, 3.63) is 35.7 Å². The number of aromatic nitrogens is 2. The molecule has 0 aliphatic carbocycles. The number of morpholine rings is 1. The molecule has 1 N–H and O–H groups in total. The molecule has 2 aliphatic heterocycles. The monoisotopic (exact) mass is 355 g/mol. The maximum absolute atomic E-state index is 13.3. The quantitative estimate of drug-likeness (QED) is 0.878. The third-order valence-electron chi connectivity index (χ3n) is 4.73. The van der Waals surface area contributed by atoms with Crippen molar-refractivity contribution in [2.45, 2.75) is 6.92 Å². The SMILES string of the molecule is Cc1nn(C)c2c1N(C(=O)CN1CCOCC1)c1ccccc1NC2=O. The minimum Gasteiger partial charge on any atom is -0.379 e. The van der Waals surface area contributed by atoms with Crippen LogP contribution in [0.2, 0.25) is 0 Å². The van der Waals surface area contributed by atoms with Gasteiger partial charge in [0.1, 0.15) is 5.69 Å². The Morgan fingerprint density at radius 2 is 2.00 bits per heavy atom. The fraction of sp³-hybridized carbons (Fsp3) is 0.389. The molecule has 2 aromatic rings. The van der Waals surface area contributed by atoms with Crippen molar-refractivity contribution in [1.29, 1.82) is 0 Å². The number of hydrogen-bond donors (Lipinski definition) is 1. The summed E-state index contributed by atoms with van der Waals surface area (Å²) in [6.45, 7) is 4.77. The van der Waals surface area contributed by atoms with Gasteiger partial charge >= 0.3 is 0 Å². The highest BCUT2D eigenvalue weighted by Gasteiger charge is 2.34. The average molecular weight is 355 g/mol. The van der Waals surface area contributed by atoms with Crippen molar-refractivity contribution >= 4 is 28.9 Å². The molecular formula is C18H21N5O3. The highest BCUT2D eigenvalue weighted by molar-refractivity contribution is 6.17. The Morgan fingerprint density at radius 3 is 2.77 bits per heavy atom. The van der Waals surface area contributed by atoms with Crippen molar-refractivity contribution in [1.82, 2.24) is 14.7 Å². The Balaban J connectivity index is 1.80. The van der Waals surface area contributed by atoms with Crippen molar-refractivity contribution in [2.24, 2.45) is 7.05 Å². The van der Waals surface area contributed by atoms with Crippen LogP contribution in [0.3, 0.4) is 0 Å². The van der Waals surface area contributed by atoms with Crippen LogP contribution >= 0.6 is 0 Å². The van der Waals surface area contributed by atoms with Gasteiger partial charge in [-0.05, 0) is 19.1 Å². The molecular weight excluding hydrogens is 334 g/mol. The molecule has 1 aromatic carbocycles. The molecule has 4 rings (SSSR count). The summed E-state index contributed by atoms with van der Waals surface area (Å²) >= 11 is 0.